The number of alkyl halides is 3. The summed E-state index contributed by atoms with van der Waals surface area (Å²) in [6, 6.07) is 14.4. The van der Waals surface area contributed by atoms with E-state index in [1.807, 2.05) is 0 Å². The molecule has 0 saturated heterocycles. The highest BCUT2D eigenvalue weighted by molar-refractivity contribution is 9.10. The van der Waals surface area contributed by atoms with E-state index in [-0.39, 0.29) is 11.5 Å². The molecule has 11 heteroatoms. The average molecular weight is 598 g/mol. The summed E-state index contributed by atoms with van der Waals surface area (Å²) in [6.07, 6.45) is -3.14. The van der Waals surface area contributed by atoms with E-state index in [1.54, 1.807) is 36.4 Å². The molecule has 0 N–H and O–H groups in total. The third kappa shape index (κ3) is 5.76. The zero-order valence-corrected chi connectivity index (χ0v) is 20.4. The van der Waals surface area contributed by atoms with Gasteiger partial charge in [0.05, 0.1) is 33.7 Å². The molecule has 6 nitrogen and oxygen atoms in total. The Morgan fingerprint density at radius 2 is 1.76 bits per heavy atom. The van der Waals surface area contributed by atoms with Gasteiger partial charge in [-0.3, -0.25) is 10.1 Å². The number of hydrogen-bond acceptors (Lipinski definition) is 5. The summed E-state index contributed by atoms with van der Waals surface area (Å²) < 4.78 is 51.0. The van der Waals surface area contributed by atoms with E-state index in [0.717, 1.165) is 10.5 Å². The molecule has 34 heavy (non-hydrogen) atoms. The smallest absolute Gasteiger partial charge is 0.416 e. The predicted molar refractivity (Wildman–Crippen MR) is 126 cm³/mol. The van der Waals surface area contributed by atoms with Crippen LogP contribution in [0.4, 0.5) is 18.9 Å². The lowest BCUT2D eigenvalue weighted by Gasteiger charge is -2.14. The fourth-order valence-electron chi connectivity index (χ4n) is 2.93. The summed E-state index contributed by atoms with van der Waals surface area (Å²) in [5.41, 5.74) is -0.419. The topological polar surface area (TPSA) is 85.4 Å². The average Bonchev–Trinajstić information content (AvgIpc) is 2.78. The number of benzene rings is 3. The minimum Gasteiger partial charge on any atom is -0.493 e. The van der Waals surface area contributed by atoms with Gasteiger partial charge in [-0.25, -0.2) is 0 Å². The molecule has 3 rings (SSSR count). The Bertz CT molecular complexity index is 1320. The second kappa shape index (κ2) is 10.3. The van der Waals surface area contributed by atoms with Crippen LogP contribution >= 0.6 is 31.9 Å². The fourth-order valence-corrected chi connectivity index (χ4v) is 3.74. The Morgan fingerprint density at radius 3 is 2.32 bits per heavy atom. The van der Waals surface area contributed by atoms with Crippen LogP contribution in [-0.4, -0.2) is 12.0 Å². The number of halogens is 5. The lowest BCUT2D eigenvalue weighted by atomic mass is 10.0. The Hall–Kier alpha value is -3.36. The second-order valence-corrected chi connectivity index (χ2v) is 8.52. The van der Waals surface area contributed by atoms with Crippen LogP contribution in [0, 0.1) is 21.4 Å². The summed E-state index contributed by atoms with van der Waals surface area (Å²) in [6.45, 7) is 0. The van der Waals surface area contributed by atoms with Gasteiger partial charge in [-0.15, -0.1) is 0 Å². The van der Waals surface area contributed by atoms with Gasteiger partial charge in [-0.1, -0.05) is 28.1 Å². The standard InChI is InChI=1S/C23H13Br2F3N2O4/c1-33-21-10-13(8-15(12-29)14-2-5-17(24)6-3-14)9-18(25)22(21)34-20-7-4-16(23(26,27)28)11-19(20)30(31)32/h2-11H,1H3/b15-8+. The highest BCUT2D eigenvalue weighted by Crippen LogP contribution is 2.44. The summed E-state index contributed by atoms with van der Waals surface area (Å²) in [5.74, 6) is -0.236. The third-order valence-corrected chi connectivity index (χ3v) is 5.65. The van der Waals surface area contributed by atoms with Crippen LogP contribution in [-0.2, 0) is 6.18 Å². The van der Waals surface area contributed by atoms with Crippen molar-refractivity contribution in [1.82, 2.24) is 0 Å². The molecule has 0 atom stereocenters. The van der Waals surface area contributed by atoms with E-state index in [1.165, 1.54) is 13.2 Å². The minimum atomic E-state index is -4.75. The van der Waals surface area contributed by atoms with Crippen molar-refractivity contribution < 1.29 is 27.6 Å². The van der Waals surface area contributed by atoms with Gasteiger partial charge >= 0.3 is 11.9 Å². The monoisotopic (exact) mass is 596 g/mol. The van der Waals surface area contributed by atoms with Crippen molar-refractivity contribution in [2.75, 3.05) is 7.11 Å². The van der Waals surface area contributed by atoms with Gasteiger partial charge in [0.2, 0.25) is 5.75 Å². The molecule has 0 aliphatic carbocycles. The van der Waals surface area contributed by atoms with E-state index >= 15 is 0 Å². The molecule has 0 heterocycles. The van der Waals surface area contributed by atoms with E-state index in [0.29, 0.717) is 33.3 Å². The second-order valence-electron chi connectivity index (χ2n) is 6.75. The van der Waals surface area contributed by atoms with Crippen molar-refractivity contribution >= 4 is 49.2 Å². The van der Waals surface area contributed by atoms with Crippen molar-refractivity contribution in [3.8, 4) is 23.3 Å². The summed E-state index contributed by atoms with van der Waals surface area (Å²) >= 11 is 6.65. The molecule has 0 aliphatic rings. The predicted octanol–water partition coefficient (Wildman–Crippen LogP) is 8.00. The molecular formula is C23H13Br2F3N2O4. The van der Waals surface area contributed by atoms with Crippen LogP contribution in [0.25, 0.3) is 11.6 Å². The maximum atomic E-state index is 13.0. The van der Waals surface area contributed by atoms with Gasteiger partial charge in [-0.05, 0) is 69.5 Å². The van der Waals surface area contributed by atoms with E-state index in [9.17, 15) is 28.5 Å². The lowest BCUT2D eigenvalue weighted by molar-refractivity contribution is -0.385. The van der Waals surface area contributed by atoms with Crippen LogP contribution < -0.4 is 9.47 Å². The normalized spacial score (nSPS) is 11.6. The maximum absolute atomic E-state index is 13.0. The molecule has 3 aromatic carbocycles. The van der Waals surface area contributed by atoms with Gasteiger partial charge in [0.25, 0.3) is 0 Å². The fraction of sp³-hybridized carbons (Fsp3) is 0.0870. The Kier molecular flexibility index (Phi) is 7.64. The third-order valence-electron chi connectivity index (χ3n) is 4.53. The first-order valence-electron chi connectivity index (χ1n) is 9.32. The Balaban J connectivity index is 2.03. The number of nitro benzene ring substituents is 1. The van der Waals surface area contributed by atoms with Crippen LogP contribution in [0.15, 0.2) is 63.5 Å². The number of nitrogens with zero attached hydrogens (tertiary/aromatic N) is 2. The number of nitro groups is 1. The Morgan fingerprint density at radius 1 is 1.09 bits per heavy atom. The Labute approximate surface area is 208 Å². The summed E-state index contributed by atoms with van der Waals surface area (Å²) in [4.78, 5) is 10.4. The van der Waals surface area contributed by atoms with Crippen LogP contribution in [0.1, 0.15) is 16.7 Å². The van der Waals surface area contributed by atoms with E-state index < -0.39 is 28.1 Å². The molecular weight excluding hydrogens is 585 g/mol. The quantitative estimate of drug-likeness (QED) is 0.124. The number of hydrogen-bond donors (Lipinski definition) is 0. The number of rotatable bonds is 6. The first kappa shape index (κ1) is 25.3. The highest BCUT2D eigenvalue weighted by atomic mass is 79.9. The van der Waals surface area contributed by atoms with Gasteiger partial charge in [-0.2, -0.15) is 18.4 Å². The molecule has 0 spiro atoms. The van der Waals surface area contributed by atoms with Crippen LogP contribution in [0.5, 0.6) is 17.2 Å². The molecule has 0 unspecified atom stereocenters. The molecule has 0 aromatic heterocycles. The van der Waals surface area contributed by atoms with Crippen LogP contribution in [0.2, 0.25) is 0 Å². The molecule has 0 saturated carbocycles. The lowest BCUT2D eigenvalue weighted by Crippen LogP contribution is -2.06. The van der Waals surface area contributed by atoms with Gasteiger partial charge < -0.3 is 9.47 Å². The van der Waals surface area contributed by atoms with Gasteiger partial charge in [0.1, 0.15) is 0 Å². The number of allylic oxidation sites excluding steroid dienone is 1. The van der Waals surface area contributed by atoms with Gasteiger partial charge in [0.15, 0.2) is 11.5 Å². The first-order chi connectivity index (χ1) is 16.0. The van der Waals surface area contributed by atoms with Crippen LogP contribution in [0.3, 0.4) is 0 Å². The SMILES string of the molecule is COc1cc(/C=C(\C#N)c2ccc(Br)cc2)cc(Br)c1Oc1ccc(C(F)(F)F)cc1[N+](=O)[O-]. The van der Waals surface area contributed by atoms with Crippen molar-refractivity contribution in [3.63, 3.8) is 0 Å². The maximum Gasteiger partial charge on any atom is 0.416 e. The molecule has 0 bridgehead atoms. The largest absolute Gasteiger partial charge is 0.493 e. The molecule has 0 radical (unpaired) electrons. The van der Waals surface area contributed by atoms with Crippen molar-refractivity contribution in [1.29, 1.82) is 5.26 Å². The molecule has 0 fully saturated rings. The zero-order chi connectivity index (χ0) is 25.0. The van der Waals surface area contributed by atoms with E-state index in [4.69, 9.17) is 9.47 Å². The summed E-state index contributed by atoms with van der Waals surface area (Å²) in [5, 5.41) is 20.9. The van der Waals surface area contributed by atoms with Crippen molar-refractivity contribution in [2.24, 2.45) is 0 Å². The highest BCUT2D eigenvalue weighted by Gasteiger charge is 2.33. The number of nitriles is 1. The van der Waals surface area contributed by atoms with Crippen molar-refractivity contribution in [3.05, 3.63) is 90.3 Å². The molecule has 174 valence electrons. The first-order valence-corrected chi connectivity index (χ1v) is 10.9. The summed E-state index contributed by atoms with van der Waals surface area (Å²) in [7, 11) is 1.34. The molecule has 0 amide bonds. The molecule has 3 aromatic rings. The van der Waals surface area contributed by atoms with E-state index in [2.05, 4.69) is 37.9 Å². The van der Waals surface area contributed by atoms with Gasteiger partial charge in [0, 0.05) is 10.5 Å². The van der Waals surface area contributed by atoms with Crippen molar-refractivity contribution in [2.45, 2.75) is 6.18 Å². The number of methoxy groups -OCH3 is 1. The molecule has 0 aliphatic heterocycles. The minimum absolute atomic E-state index is 0.0182. The zero-order valence-electron chi connectivity index (χ0n) is 17.2. The number of ether oxygens (including phenoxy) is 2.